The normalized spacial score (nSPS) is 11.5. The van der Waals surface area contributed by atoms with Gasteiger partial charge < -0.3 is 20.1 Å². The van der Waals surface area contributed by atoms with Crippen LogP contribution < -0.4 is 10.6 Å². The fourth-order valence-electron chi connectivity index (χ4n) is 4.09. The zero-order valence-electron chi connectivity index (χ0n) is 23.1. The third-order valence-electron chi connectivity index (χ3n) is 6.15. The average molecular weight is 593 g/mol. The molecular formula is C31H30ClFN4O5. The van der Waals surface area contributed by atoms with Gasteiger partial charge in [0.05, 0.1) is 16.9 Å². The third kappa shape index (κ3) is 8.17. The number of nitrogens with zero attached hydrogens (tertiary/aromatic N) is 2. The molecule has 0 unspecified atom stereocenters. The van der Waals surface area contributed by atoms with Crippen LogP contribution in [0, 0.1) is 5.82 Å². The SMILES string of the molecule is CC(C)n1ncc(Cl)c1-c1cc(F)cc(C(=O)NC[C@@H](NC(=O)OCc2ccccc2)C(=O)OCc2ccccc2)c1. The van der Waals surface area contributed by atoms with Crippen molar-refractivity contribution in [3.8, 4) is 11.3 Å². The van der Waals surface area contributed by atoms with E-state index >= 15 is 0 Å². The molecule has 0 aliphatic carbocycles. The van der Waals surface area contributed by atoms with E-state index in [1.807, 2.05) is 26.0 Å². The van der Waals surface area contributed by atoms with Crippen molar-refractivity contribution in [2.75, 3.05) is 6.54 Å². The molecule has 42 heavy (non-hydrogen) atoms. The molecule has 0 spiro atoms. The lowest BCUT2D eigenvalue weighted by molar-refractivity contribution is -0.147. The smallest absolute Gasteiger partial charge is 0.408 e. The van der Waals surface area contributed by atoms with Crippen molar-refractivity contribution in [2.45, 2.75) is 39.1 Å². The van der Waals surface area contributed by atoms with Gasteiger partial charge in [-0.3, -0.25) is 9.48 Å². The molecule has 1 aromatic heterocycles. The number of hydrogen-bond acceptors (Lipinski definition) is 6. The van der Waals surface area contributed by atoms with Crippen molar-refractivity contribution < 1.29 is 28.2 Å². The van der Waals surface area contributed by atoms with Gasteiger partial charge in [0.25, 0.3) is 5.91 Å². The maximum absolute atomic E-state index is 14.6. The molecule has 9 nitrogen and oxygen atoms in total. The van der Waals surface area contributed by atoms with Crippen molar-refractivity contribution in [1.82, 2.24) is 20.4 Å². The van der Waals surface area contributed by atoms with E-state index in [-0.39, 0.29) is 31.4 Å². The number of benzene rings is 3. The molecule has 0 fully saturated rings. The predicted molar refractivity (Wildman–Crippen MR) is 155 cm³/mol. The Morgan fingerprint density at radius 2 is 1.55 bits per heavy atom. The molecule has 0 saturated carbocycles. The molecule has 4 aromatic rings. The molecule has 0 bridgehead atoms. The zero-order valence-corrected chi connectivity index (χ0v) is 23.8. The van der Waals surface area contributed by atoms with Gasteiger partial charge in [-0.1, -0.05) is 72.3 Å². The number of amides is 2. The number of carbonyl (C=O) groups excluding carboxylic acids is 3. The highest BCUT2D eigenvalue weighted by atomic mass is 35.5. The topological polar surface area (TPSA) is 112 Å². The second kappa shape index (κ2) is 14.3. The Morgan fingerprint density at radius 3 is 2.17 bits per heavy atom. The summed E-state index contributed by atoms with van der Waals surface area (Å²) in [5.41, 5.74) is 2.31. The van der Waals surface area contributed by atoms with E-state index in [0.717, 1.165) is 17.2 Å². The number of esters is 1. The first-order valence-electron chi connectivity index (χ1n) is 13.2. The van der Waals surface area contributed by atoms with Crippen molar-refractivity contribution >= 4 is 29.6 Å². The van der Waals surface area contributed by atoms with E-state index < -0.39 is 29.8 Å². The summed E-state index contributed by atoms with van der Waals surface area (Å²) in [4.78, 5) is 38.6. The Kier molecular flexibility index (Phi) is 10.3. The molecule has 1 atom stereocenters. The van der Waals surface area contributed by atoms with Gasteiger partial charge in [0.2, 0.25) is 0 Å². The standard InChI is InChI=1S/C31H30ClFN4O5/c1-20(2)37-28(26(32)16-35-37)23-13-24(15-25(33)14-23)29(38)34-17-27(30(39)41-18-21-9-5-3-6-10-21)36-31(40)42-19-22-11-7-4-8-12-22/h3-16,20,27H,17-19H2,1-2H3,(H,34,38)(H,36,40)/t27-/m1/s1. The second-order valence-corrected chi connectivity index (χ2v) is 10.1. The van der Waals surface area contributed by atoms with E-state index in [4.69, 9.17) is 21.1 Å². The van der Waals surface area contributed by atoms with Gasteiger partial charge in [0.1, 0.15) is 25.1 Å². The van der Waals surface area contributed by atoms with Crippen LogP contribution in [0.5, 0.6) is 0 Å². The van der Waals surface area contributed by atoms with Gasteiger partial charge in [-0.25, -0.2) is 14.0 Å². The summed E-state index contributed by atoms with van der Waals surface area (Å²) >= 11 is 6.32. The summed E-state index contributed by atoms with van der Waals surface area (Å²) in [6.07, 6.45) is 0.579. The lowest BCUT2D eigenvalue weighted by atomic mass is 10.1. The Hall–Kier alpha value is -4.70. The van der Waals surface area contributed by atoms with E-state index in [2.05, 4.69) is 15.7 Å². The number of nitrogens with one attached hydrogen (secondary N) is 2. The fraction of sp³-hybridized carbons (Fsp3) is 0.226. The van der Waals surface area contributed by atoms with Crippen molar-refractivity contribution in [3.63, 3.8) is 0 Å². The minimum absolute atomic E-state index is 0.0133. The number of aromatic nitrogens is 2. The van der Waals surface area contributed by atoms with Crippen LogP contribution in [-0.2, 0) is 27.5 Å². The summed E-state index contributed by atoms with van der Waals surface area (Å²) in [6, 6.07) is 20.5. The monoisotopic (exact) mass is 592 g/mol. The minimum atomic E-state index is -1.29. The number of rotatable bonds is 11. The van der Waals surface area contributed by atoms with Gasteiger partial charge in [-0.15, -0.1) is 0 Å². The lowest BCUT2D eigenvalue weighted by Crippen LogP contribution is -2.49. The molecular weight excluding hydrogens is 563 g/mol. The highest BCUT2D eigenvalue weighted by Crippen LogP contribution is 2.31. The Labute approximate surface area is 247 Å². The second-order valence-electron chi connectivity index (χ2n) is 9.67. The van der Waals surface area contributed by atoms with E-state index in [1.54, 1.807) is 53.2 Å². The van der Waals surface area contributed by atoms with Crippen LogP contribution in [0.3, 0.4) is 0 Å². The lowest BCUT2D eigenvalue weighted by Gasteiger charge is -2.19. The van der Waals surface area contributed by atoms with Crippen LogP contribution in [0.15, 0.2) is 85.1 Å². The van der Waals surface area contributed by atoms with Gasteiger partial charge in [0, 0.05) is 23.7 Å². The van der Waals surface area contributed by atoms with Crippen LogP contribution >= 0.6 is 11.6 Å². The Morgan fingerprint density at radius 1 is 0.929 bits per heavy atom. The molecule has 2 amide bonds. The van der Waals surface area contributed by atoms with Gasteiger partial charge in [-0.05, 0) is 43.2 Å². The van der Waals surface area contributed by atoms with E-state index in [0.29, 0.717) is 16.3 Å². The molecule has 0 saturated heterocycles. The summed E-state index contributed by atoms with van der Waals surface area (Å²) in [5, 5.41) is 9.57. The maximum atomic E-state index is 14.6. The largest absolute Gasteiger partial charge is 0.459 e. The van der Waals surface area contributed by atoms with Crippen LogP contribution in [-0.4, -0.2) is 40.3 Å². The van der Waals surface area contributed by atoms with Crippen LogP contribution in [0.25, 0.3) is 11.3 Å². The minimum Gasteiger partial charge on any atom is -0.459 e. The number of halogens is 2. The third-order valence-corrected chi connectivity index (χ3v) is 6.43. The highest BCUT2D eigenvalue weighted by Gasteiger charge is 2.25. The van der Waals surface area contributed by atoms with Gasteiger partial charge in [-0.2, -0.15) is 5.10 Å². The van der Waals surface area contributed by atoms with Gasteiger partial charge in [0.15, 0.2) is 0 Å². The average Bonchev–Trinajstić information content (AvgIpc) is 3.39. The maximum Gasteiger partial charge on any atom is 0.408 e. The molecule has 4 rings (SSSR count). The van der Waals surface area contributed by atoms with Gasteiger partial charge >= 0.3 is 12.1 Å². The molecule has 218 valence electrons. The number of alkyl carbamates (subject to hydrolysis) is 1. The number of carbonyl (C=O) groups is 3. The predicted octanol–water partition coefficient (Wildman–Crippen LogP) is 5.69. The molecule has 0 aliphatic heterocycles. The van der Waals surface area contributed by atoms with E-state index in [1.165, 1.54) is 18.3 Å². The first-order valence-corrected chi connectivity index (χ1v) is 13.6. The molecule has 11 heteroatoms. The first kappa shape index (κ1) is 30.3. The van der Waals surface area contributed by atoms with Crippen molar-refractivity contribution in [3.05, 3.63) is 113 Å². The summed E-state index contributed by atoms with van der Waals surface area (Å²) in [7, 11) is 0. The van der Waals surface area contributed by atoms with Crippen LogP contribution in [0.1, 0.15) is 41.4 Å². The fourth-order valence-corrected chi connectivity index (χ4v) is 4.33. The van der Waals surface area contributed by atoms with Crippen molar-refractivity contribution in [2.24, 2.45) is 0 Å². The Balaban J connectivity index is 1.47. The molecule has 1 heterocycles. The van der Waals surface area contributed by atoms with Crippen molar-refractivity contribution in [1.29, 1.82) is 0 Å². The summed E-state index contributed by atoms with van der Waals surface area (Å²) < 4.78 is 26.9. The molecule has 2 N–H and O–H groups in total. The zero-order chi connectivity index (χ0) is 30.1. The molecule has 0 radical (unpaired) electrons. The quantitative estimate of drug-likeness (QED) is 0.216. The number of hydrogen-bond donors (Lipinski definition) is 2. The van der Waals surface area contributed by atoms with E-state index in [9.17, 15) is 18.8 Å². The summed E-state index contributed by atoms with van der Waals surface area (Å²) in [6.45, 7) is 3.39. The highest BCUT2D eigenvalue weighted by molar-refractivity contribution is 6.33. The first-order chi connectivity index (χ1) is 20.2. The summed E-state index contributed by atoms with van der Waals surface area (Å²) in [5.74, 6) is -2.13. The molecule has 3 aromatic carbocycles. The van der Waals surface area contributed by atoms with Crippen LogP contribution in [0.4, 0.5) is 9.18 Å². The van der Waals surface area contributed by atoms with Crippen LogP contribution in [0.2, 0.25) is 5.02 Å². The molecule has 0 aliphatic rings. The Bertz CT molecular complexity index is 1530. The number of ether oxygens (including phenoxy) is 2.